The molecule has 0 amide bonds. The van der Waals surface area contributed by atoms with E-state index in [2.05, 4.69) is 0 Å². The molecule has 0 unspecified atom stereocenters. The molecule has 0 radical (unpaired) electrons. The summed E-state index contributed by atoms with van der Waals surface area (Å²) in [5, 5.41) is 7.73. The SMILES string of the molecule is O=C(O)C(Cl)Cl.[LiH]. The van der Waals surface area contributed by atoms with E-state index in [9.17, 15) is 4.79 Å². The molecule has 0 atom stereocenters. The van der Waals surface area contributed by atoms with E-state index < -0.39 is 10.8 Å². The van der Waals surface area contributed by atoms with E-state index in [1.54, 1.807) is 0 Å². The normalized spacial score (nSPS) is 7.86. The number of aliphatic carboxylic acids is 1. The maximum atomic E-state index is 9.44. The van der Waals surface area contributed by atoms with E-state index in [0.717, 1.165) is 0 Å². The van der Waals surface area contributed by atoms with Crippen molar-refractivity contribution in [2.24, 2.45) is 0 Å². The Hall–Kier alpha value is 0.647. The van der Waals surface area contributed by atoms with Crippen molar-refractivity contribution in [2.75, 3.05) is 0 Å². The van der Waals surface area contributed by atoms with Crippen LogP contribution < -0.4 is 0 Å². The molecule has 0 aromatic heterocycles. The Kier molecular flexibility index (Phi) is 7.26. The third kappa shape index (κ3) is 6.65. The summed E-state index contributed by atoms with van der Waals surface area (Å²) in [6, 6.07) is 0. The molecular formula is C2H3Cl2LiO2. The van der Waals surface area contributed by atoms with Crippen LogP contribution >= 0.6 is 23.2 Å². The van der Waals surface area contributed by atoms with E-state index in [1.165, 1.54) is 0 Å². The monoisotopic (exact) mass is 136 g/mol. The van der Waals surface area contributed by atoms with Crippen molar-refractivity contribution in [2.45, 2.75) is 4.84 Å². The molecule has 0 aliphatic rings. The van der Waals surface area contributed by atoms with Crippen molar-refractivity contribution in [1.29, 1.82) is 0 Å². The minimum absolute atomic E-state index is 0. The Morgan fingerprint density at radius 2 is 1.71 bits per heavy atom. The van der Waals surface area contributed by atoms with Crippen molar-refractivity contribution >= 4 is 48.0 Å². The van der Waals surface area contributed by atoms with Gasteiger partial charge in [-0.25, -0.2) is 4.79 Å². The zero-order valence-electron chi connectivity index (χ0n) is 2.69. The summed E-state index contributed by atoms with van der Waals surface area (Å²) in [4.78, 5) is 8.15. The van der Waals surface area contributed by atoms with Crippen LogP contribution in [0.5, 0.6) is 0 Å². The van der Waals surface area contributed by atoms with Gasteiger partial charge in [-0.05, 0) is 0 Å². The van der Waals surface area contributed by atoms with Gasteiger partial charge in [-0.2, -0.15) is 0 Å². The first kappa shape index (κ1) is 10.6. The number of carbonyl (C=O) groups is 1. The van der Waals surface area contributed by atoms with Crippen LogP contribution in [0.1, 0.15) is 0 Å². The quantitative estimate of drug-likeness (QED) is 0.414. The predicted octanol–water partition coefficient (Wildman–Crippen LogP) is 0.226. The summed E-state index contributed by atoms with van der Waals surface area (Å²) in [6.45, 7) is 0. The molecule has 0 saturated carbocycles. The fourth-order valence-corrected chi connectivity index (χ4v) is 0. The molecule has 0 aliphatic heterocycles. The average Bonchev–Trinajstić information content (AvgIpc) is 1.36. The van der Waals surface area contributed by atoms with Gasteiger partial charge in [0.05, 0.1) is 0 Å². The van der Waals surface area contributed by atoms with Crippen LogP contribution in [0.3, 0.4) is 0 Å². The Morgan fingerprint density at radius 1 is 1.57 bits per heavy atom. The molecule has 0 aromatic rings. The van der Waals surface area contributed by atoms with Crippen LogP contribution in [-0.4, -0.2) is 34.8 Å². The molecule has 0 spiro atoms. The van der Waals surface area contributed by atoms with E-state index in [1.807, 2.05) is 0 Å². The van der Waals surface area contributed by atoms with Crippen LogP contribution in [0.25, 0.3) is 0 Å². The summed E-state index contributed by atoms with van der Waals surface area (Å²) < 4.78 is 0. The van der Waals surface area contributed by atoms with E-state index in [0.29, 0.717) is 0 Å². The number of halogens is 2. The van der Waals surface area contributed by atoms with Gasteiger partial charge in [-0.15, -0.1) is 0 Å². The number of alkyl halides is 2. The van der Waals surface area contributed by atoms with E-state index in [4.69, 9.17) is 28.3 Å². The molecule has 0 rings (SSSR count). The second-order valence-corrected chi connectivity index (χ2v) is 1.74. The van der Waals surface area contributed by atoms with Gasteiger partial charge in [0.25, 0.3) is 0 Å². The summed E-state index contributed by atoms with van der Waals surface area (Å²) in [6.07, 6.45) is 0. The standard InChI is InChI=1S/C2H2Cl2O2.Li.H/c3-1(4)2(5)6;;/h1H,(H,5,6);;. The van der Waals surface area contributed by atoms with Crippen molar-refractivity contribution in [1.82, 2.24) is 0 Å². The van der Waals surface area contributed by atoms with Gasteiger partial charge < -0.3 is 5.11 Å². The van der Waals surface area contributed by atoms with Gasteiger partial charge in [0, 0.05) is 0 Å². The average molecular weight is 137 g/mol. The molecule has 2 nitrogen and oxygen atoms in total. The zero-order valence-corrected chi connectivity index (χ0v) is 4.20. The predicted molar refractivity (Wildman–Crippen MR) is 30.3 cm³/mol. The summed E-state index contributed by atoms with van der Waals surface area (Å²) in [5.74, 6) is -1.21. The first-order valence-electron chi connectivity index (χ1n) is 1.15. The van der Waals surface area contributed by atoms with Crippen molar-refractivity contribution in [3.05, 3.63) is 0 Å². The van der Waals surface area contributed by atoms with Crippen molar-refractivity contribution in [3.8, 4) is 0 Å². The van der Waals surface area contributed by atoms with Gasteiger partial charge in [-0.1, -0.05) is 23.2 Å². The topological polar surface area (TPSA) is 37.3 Å². The second-order valence-electron chi connectivity index (χ2n) is 0.639. The van der Waals surface area contributed by atoms with Gasteiger partial charge in [0.1, 0.15) is 0 Å². The summed E-state index contributed by atoms with van der Waals surface area (Å²) in [5.41, 5.74) is 0. The van der Waals surface area contributed by atoms with Gasteiger partial charge in [0.15, 0.2) is 0 Å². The van der Waals surface area contributed by atoms with Crippen LogP contribution in [0.4, 0.5) is 0 Å². The van der Waals surface area contributed by atoms with Crippen LogP contribution in [-0.2, 0) is 4.79 Å². The summed E-state index contributed by atoms with van der Waals surface area (Å²) in [7, 11) is 0. The molecule has 5 heteroatoms. The van der Waals surface area contributed by atoms with Gasteiger partial charge in [-0.3, -0.25) is 0 Å². The molecule has 0 aromatic carbocycles. The molecule has 0 aliphatic carbocycles. The molecule has 38 valence electrons. The van der Waals surface area contributed by atoms with Crippen molar-refractivity contribution < 1.29 is 9.90 Å². The Labute approximate surface area is 63.0 Å². The Bertz CT molecular complexity index is 64.7. The molecule has 0 saturated heterocycles. The number of carboxylic acids is 1. The van der Waals surface area contributed by atoms with Crippen LogP contribution in [0.2, 0.25) is 0 Å². The van der Waals surface area contributed by atoms with E-state index in [-0.39, 0.29) is 18.9 Å². The number of rotatable bonds is 1. The molecule has 0 fully saturated rings. The molecule has 0 heterocycles. The van der Waals surface area contributed by atoms with Crippen molar-refractivity contribution in [3.63, 3.8) is 0 Å². The third-order valence-electron chi connectivity index (χ3n) is 0.187. The first-order chi connectivity index (χ1) is 2.64. The maximum absolute atomic E-state index is 9.44. The molecular weight excluding hydrogens is 134 g/mol. The van der Waals surface area contributed by atoms with Gasteiger partial charge >= 0.3 is 24.8 Å². The molecule has 7 heavy (non-hydrogen) atoms. The Morgan fingerprint density at radius 3 is 1.71 bits per heavy atom. The number of hydrogen-bond donors (Lipinski definition) is 1. The molecule has 0 bridgehead atoms. The summed E-state index contributed by atoms with van der Waals surface area (Å²) >= 11 is 9.56. The van der Waals surface area contributed by atoms with E-state index >= 15 is 0 Å². The number of carboxylic acid groups (broad SMARTS) is 1. The Balaban J connectivity index is 0. The minimum atomic E-state index is -1.29. The fraction of sp³-hybridized carbons (Fsp3) is 0.500. The number of hydrogen-bond acceptors (Lipinski definition) is 1. The second kappa shape index (κ2) is 4.80. The zero-order chi connectivity index (χ0) is 5.15. The van der Waals surface area contributed by atoms with Crippen LogP contribution in [0, 0.1) is 0 Å². The van der Waals surface area contributed by atoms with Crippen LogP contribution in [0.15, 0.2) is 0 Å². The fourth-order valence-electron chi connectivity index (χ4n) is 0. The molecule has 1 N–H and O–H groups in total. The first-order valence-corrected chi connectivity index (χ1v) is 2.03. The third-order valence-corrected chi connectivity index (χ3v) is 0.560. The van der Waals surface area contributed by atoms with Gasteiger partial charge in [0.2, 0.25) is 4.84 Å².